The Morgan fingerprint density at radius 2 is 1.33 bits per heavy atom. The number of methoxy groups -OCH3 is 1. The molecule has 0 saturated carbocycles. The van der Waals surface area contributed by atoms with Crippen molar-refractivity contribution in [3.05, 3.63) is 154 Å². The summed E-state index contributed by atoms with van der Waals surface area (Å²) in [6, 6.07) is 38.7. The summed E-state index contributed by atoms with van der Waals surface area (Å²) in [5, 5.41) is 7.70. The van der Waals surface area contributed by atoms with Crippen LogP contribution >= 0.6 is 0 Å². The van der Waals surface area contributed by atoms with Gasteiger partial charge in [0.05, 0.1) is 24.5 Å². The van der Waals surface area contributed by atoms with E-state index in [4.69, 9.17) is 19.6 Å². The van der Waals surface area contributed by atoms with Crippen molar-refractivity contribution < 1.29 is 14.3 Å². The van der Waals surface area contributed by atoms with Gasteiger partial charge in [0.25, 0.3) is 5.91 Å². The number of ether oxygens (including phenoxy) is 2. The third-order valence-electron chi connectivity index (χ3n) is 10.9. The first-order valence-electron chi connectivity index (χ1n) is 19.1. The van der Waals surface area contributed by atoms with Crippen molar-refractivity contribution in [2.45, 2.75) is 33.2 Å². The van der Waals surface area contributed by atoms with Crippen molar-refractivity contribution in [1.82, 2.24) is 9.99 Å². The Kier molecular flexibility index (Phi) is 9.57. The number of hydrogen-bond acceptors (Lipinski definition) is 7. The number of rotatable bonds is 11. The maximum Gasteiger partial charge on any atom is 0.275 e. The summed E-state index contributed by atoms with van der Waals surface area (Å²) >= 11 is 0. The second-order valence-corrected chi connectivity index (χ2v) is 13.7. The molecule has 0 unspecified atom stereocenters. The molecule has 6 aromatic rings. The number of hydrazone groups is 1. The number of benzene rings is 5. The molecule has 5 aromatic carbocycles. The van der Waals surface area contributed by atoms with E-state index in [1.54, 1.807) is 18.3 Å². The van der Waals surface area contributed by atoms with Crippen LogP contribution in [0.1, 0.15) is 71.6 Å². The van der Waals surface area contributed by atoms with E-state index in [1.165, 1.54) is 0 Å². The maximum atomic E-state index is 14.6. The van der Waals surface area contributed by atoms with Crippen LogP contribution in [-0.2, 0) is 5.54 Å². The first kappa shape index (κ1) is 35.6. The lowest BCUT2D eigenvalue weighted by molar-refractivity contribution is 0.0675. The third-order valence-corrected chi connectivity index (χ3v) is 10.9. The maximum absolute atomic E-state index is 14.6. The molecule has 8 heteroatoms. The molecule has 0 atom stereocenters. The van der Waals surface area contributed by atoms with Gasteiger partial charge in [0.2, 0.25) is 0 Å². The standard InChI is InChI=1S/C47H45N5O3/c1-6-50(7-2)36-21-25-41-44(29-36)55-45-30-37(51(8-3)9-4)22-26-42(45)47(41)40-13-11-10-12-39(40)46(53)52(47)48-31-35-20-19-34-28-33(18-27-43(34)49-35)15-14-32-16-23-38(54-5)24-17-32/h10-31H,6-9H2,1-5H3/b15-14+,48-31+. The molecule has 0 saturated heterocycles. The van der Waals surface area contributed by atoms with Crippen LogP contribution in [0.4, 0.5) is 11.4 Å². The summed E-state index contributed by atoms with van der Waals surface area (Å²) in [5.74, 6) is 2.07. The Morgan fingerprint density at radius 3 is 1.96 bits per heavy atom. The van der Waals surface area contributed by atoms with E-state index in [2.05, 4.69) is 98.2 Å². The van der Waals surface area contributed by atoms with Crippen LogP contribution in [0.15, 0.2) is 120 Å². The molecule has 8 rings (SSSR count). The fourth-order valence-electron chi connectivity index (χ4n) is 8.01. The molecule has 0 aliphatic carbocycles. The quantitative estimate of drug-likeness (QED) is 0.0978. The molecule has 3 heterocycles. The van der Waals surface area contributed by atoms with Gasteiger partial charge in [0, 0.05) is 77.3 Å². The number of nitrogens with zero attached hydrogens (tertiary/aromatic N) is 5. The lowest BCUT2D eigenvalue weighted by Gasteiger charge is -2.42. The molecule has 55 heavy (non-hydrogen) atoms. The van der Waals surface area contributed by atoms with Crippen LogP contribution in [0.3, 0.4) is 0 Å². The van der Waals surface area contributed by atoms with Gasteiger partial charge in [-0.05, 0) is 87.4 Å². The largest absolute Gasteiger partial charge is 0.497 e. The van der Waals surface area contributed by atoms with Crippen LogP contribution in [0.25, 0.3) is 23.1 Å². The van der Waals surface area contributed by atoms with Crippen LogP contribution in [0, 0.1) is 0 Å². The van der Waals surface area contributed by atoms with Crippen LogP contribution in [0.2, 0.25) is 0 Å². The van der Waals surface area contributed by atoms with E-state index >= 15 is 0 Å². The van der Waals surface area contributed by atoms with Crippen molar-refractivity contribution in [2.24, 2.45) is 5.10 Å². The van der Waals surface area contributed by atoms with Gasteiger partial charge in [-0.15, -0.1) is 0 Å². The van der Waals surface area contributed by atoms with Crippen LogP contribution < -0.4 is 19.3 Å². The van der Waals surface area contributed by atoms with E-state index in [1.807, 2.05) is 66.7 Å². The number of aromatic nitrogens is 1. The van der Waals surface area contributed by atoms with Crippen molar-refractivity contribution in [3.8, 4) is 17.2 Å². The molecule has 1 amide bonds. The number of anilines is 2. The Morgan fingerprint density at radius 1 is 0.709 bits per heavy atom. The number of fused-ring (bicyclic) bond motifs is 7. The van der Waals surface area contributed by atoms with Crippen molar-refractivity contribution in [3.63, 3.8) is 0 Å². The Balaban J connectivity index is 1.22. The third kappa shape index (κ3) is 6.17. The smallest absolute Gasteiger partial charge is 0.275 e. The molecule has 0 fully saturated rings. The van der Waals surface area contributed by atoms with Crippen molar-refractivity contribution >= 4 is 46.6 Å². The average molecular weight is 728 g/mol. The molecule has 0 radical (unpaired) electrons. The summed E-state index contributed by atoms with van der Waals surface area (Å²) in [5.41, 5.74) is 7.91. The molecule has 8 nitrogen and oxygen atoms in total. The van der Waals surface area contributed by atoms with Crippen LogP contribution in [0.5, 0.6) is 17.2 Å². The molecule has 1 aromatic heterocycles. The number of amides is 1. The first-order valence-corrected chi connectivity index (χ1v) is 19.1. The van der Waals surface area contributed by atoms with Gasteiger partial charge in [-0.2, -0.15) is 5.10 Å². The first-order chi connectivity index (χ1) is 26.9. The average Bonchev–Trinajstić information content (AvgIpc) is 3.47. The topological polar surface area (TPSA) is 70.5 Å². The second kappa shape index (κ2) is 14.8. The minimum absolute atomic E-state index is 0.180. The van der Waals surface area contributed by atoms with Gasteiger partial charge in [0.15, 0.2) is 0 Å². The Labute approximate surface area is 323 Å². The van der Waals surface area contributed by atoms with Gasteiger partial charge < -0.3 is 19.3 Å². The molecule has 1 spiro atoms. The lowest BCUT2D eigenvalue weighted by atomic mass is 9.75. The SMILES string of the molecule is CCN(CC)c1ccc2c(c1)Oc1cc(N(CC)CC)ccc1C21c2ccccc2C(=O)N1/N=C/c1ccc2cc(/C=C/c3ccc(OC)cc3)ccc2n1. The molecule has 2 aliphatic rings. The number of pyridine rings is 1. The van der Waals surface area contributed by atoms with Crippen molar-refractivity contribution in [1.29, 1.82) is 0 Å². The lowest BCUT2D eigenvalue weighted by Crippen LogP contribution is -2.44. The van der Waals surface area contributed by atoms with E-state index in [9.17, 15) is 4.79 Å². The highest BCUT2D eigenvalue weighted by Gasteiger charge is 2.57. The van der Waals surface area contributed by atoms with E-state index in [0.29, 0.717) is 22.8 Å². The molecular weight excluding hydrogens is 683 g/mol. The number of hydrogen-bond donors (Lipinski definition) is 0. The minimum Gasteiger partial charge on any atom is -0.497 e. The zero-order valence-electron chi connectivity index (χ0n) is 32.0. The fourth-order valence-corrected chi connectivity index (χ4v) is 8.01. The van der Waals surface area contributed by atoms with Gasteiger partial charge in [0.1, 0.15) is 22.8 Å². The van der Waals surface area contributed by atoms with Crippen LogP contribution in [-0.4, -0.2) is 55.4 Å². The van der Waals surface area contributed by atoms with E-state index < -0.39 is 5.54 Å². The van der Waals surface area contributed by atoms with Gasteiger partial charge in [-0.3, -0.25) is 4.79 Å². The van der Waals surface area contributed by atoms with E-state index in [-0.39, 0.29) is 5.91 Å². The molecule has 0 bridgehead atoms. The second-order valence-electron chi connectivity index (χ2n) is 13.7. The zero-order valence-corrected chi connectivity index (χ0v) is 32.0. The van der Waals surface area contributed by atoms with Gasteiger partial charge in [-0.1, -0.05) is 66.7 Å². The van der Waals surface area contributed by atoms with E-state index in [0.717, 1.165) is 82.0 Å². The highest BCUT2D eigenvalue weighted by molar-refractivity contribution is 6.03. The predicted octanol–water partition coefficient (Wildman–Crippen LogP) is 9.99. The summed E-state index contributed by atoms with van der Waals surface area (Å²) in [7, 11) is 1.67. The molecule has 276 valence electrons. The predicted molar refractivity (Wildman–Crippen MR) is 224 cm³/mol. The molecule has 0 N–H and O–H groups in total. The highest BCUT2D eigenvalue weighted by atomic mass is 16.5. The monoisotopic (exact) mass is 727 g/mol. The Bertz CT molecular complexity index is 2390. The van der Waals surface area contributed by atoms with Crippen molar-refractivity contribution in [2.75, 3.05) is 43.1 Å². The fraction of sp³-hybridized carbons (Fsp3) is 0.213. The summed E-state index contributed by atoms with van der Waals surface area (Å²) in [6.07, 6.45) is 5.87. The summed E-state index contributed by atoms with van der Waals surface area (Å²) in [6.45, 7) is 12.1. The minimum atomic E-state index is -1.07. The highest BCUT2D eigenvalue weighted by Crippen LogP contribution is 2.58. The number of carbonyl (C=O) groups excluding carboxylic acids is 1. The van der Waals surface area contributed by atoms with Gasteiger partial charge in [-0.25, -0.2) is 9.99 Å². The van der Waals surface area contributed by atoms with Gasteiger partial charge >= 0.3 is 0 Å². The zero-order chi connectivity index (χ0) is 38.1. The summed E-state index contributed by atoms with van der Waals surface area (Å²) < 4.78 is 12.1. The molecule has 2 aliphatic heterocycles. The summed E-state index contributed by atoms with van der Waals surface area (Å²) in [4.78, 5) is 24.2. The molecular formula is C47H45N5O3. The Hall–Kier alpha value is -6.41. The normalized spacial score (nSPS) is 14.0. The number of carbonyl (C=O) groups is 1.